The first kappa shape index (κ1) is 7.97. The minimum absolute atomic E-state index is 0.163. The second kappa shape index (κ2) is 3.32. The Hall–Kier alpha value is -1.13. The van der Waals surface area contributed by atoms with Crippen molar-refractivity contribution in [2.45, 2.75) is 13.2 Å². The fraction of sp³-hybridized carbons (Fsp3) is 0.286. The first-order valence-corrected chi connectivity index (χ1v) is 3.09. The molecule has 1 rings (SSSR count). The van der Waals surface area contributed by atoms with Crippen LogP contribution in [-0.4, -0.2) is 10.2 Å². The van der Waals surface area contributed by atoms with Gasteiger partial charge in [-0.05, 0) is 0 Å². The molecule has 0 unspecified atom stereocenters. The van der Waals surface area contributed by atoms with Crippen LogP contribution in [0.5, 0.6) is 0 Å². The molecule has 4 heteroatoms. The maximum Gasteiger partial charge on any atom is 0.195 e. The van der Waals surface area contributed by atoms with Crippen LogP contribution in [0.3, 0.4) is 0 Å². The lowest BCUT2D eigenvalue weighted by atomic mass is 10.2. The van der Waals surface area contributed by atoms with Gasteiger partial charge in [0.1, 0.15) is 0 Å². The molecule has 0 radical (unpaired) electrons. The molecule has 0 bridgehead atoms. The van der Waals surface area contributed by atoms with Crippen molar-refractivity contribution in [1.82, 2.24) is 0 Å². The monoisotopic (exact) mass is 156 g/mol. The Labute approximate surface area is 62.7 Å². The van der Waals surface area contributed by atoms with E-state index in [0.717, 1.165) is 0 Å². The van der Waals surface area contributed by atoms with Gasteiger partial charge in [-0.25, -0.2) is 0 Å². The maximum absolute atomic E-state index is 11.1. The highest BCUT2D eigenvalue weighted by molar-refractivity contribution is 5.14. The van der Waals surface area contributed by atoms with E-state index in [1.54, 1.807) is 0 Å². The summed E-state index contributed by atoms with van der Waals surface area (Å²) in [6, 6.07) is 0. The molecule has 0 spiro atoms. The quantitative estimate of drug-likeness (QED) is 0.612. The van der Waals surface area contributed by atoms with E-state index in [0.29, 0.717) is 0 Å². The fourth-order valence-corrected chi connectivity index (χ4v) is 0.730. The lowest BCUT2D eigenvalue weighted by molar-refractivity contribution is 0.265. The van der Waals surface area contributed by atoms with Gasteiger partial charge in [-0.1, -0.05) is 0 Å². The smallest absolute Gasteiger partial charge is 0.195 e. The topological polar surface area (TPSA) is 70.7 Å². The molecule has 0 aromatic carbocycles. The molecule has 0 amide bonds. The van der Waals surface area contributed by atoms with Crippen molar-refractivity contribution in [3.05, 3.63) is 33.9 Å². The zero-order chi connectivity index (χ0) is 8.27. The molecule has 0 aliphatic rings. The molecule has 0 aliphatic heterocycles. The molecule has 1 aromatic heterocycles. The highest BCUT2D eigenvalue weighted by Gasteiger charge is 2.03. The van der Waals surface area contributed by atoms with E-state index in [-0.39, 0.29) is 29.8 Å². The van der Waals surface area contributed by atoms with Gasteiger partial charge < -0.3 is 14.6 Å². The minimum atomic E-state index is -0.365. The number of aliphatic hydroxyl groups excluding tert-OH is 2. The normalized spacial score (nSPS) is 10.0. The molecule has 0 saturated heterocycles. The van der Waals surface area contributed by atoms with Gasteiger partial charge in [0.2, 0.25) is 0 Å². The van der Waals surface area contributed by atoms with E-state index >= 15 is 0 Å². The van der Waals surface area contributed by atoms with Crippen LogP contribution in [0.2, 0.25) is 0 Å². The van der Waals surface area contributed by atoms with Crippen molar-refractivity contribution in [2.24, 2.45) is 0 Å². The van der Waals surface area contributed by atoms with E-state index in [1.165, 1.54) is 12.5 Å². The fourth-order valence-electron chi connectivity index (χ4n) is 0.730. The van der Waals surface area contributed by atoms with Gasteiger partial charge in [0, 0.05) is 0 Å². The van der Waals surface area contributed by atoms with Crippen molar-refractivity contribution in [3.8, 4) is 0 Å². The molecule has 0 atom stereocenters. The van der Waals surface area contributed by atoms with Crippen molar-refractivity contribution in [3.63, 3.8) is 0 Å². The van der Waals surface area contributed by atoms with Crippen LogP contribution in [0, 0.1) is 0 Å². The molecule has 0 fully saturated rings. The Kier molecular flexibility index (Phi) is 2.40. The minimum Gasteiger partial charge on any atom is -0.472 e. The third-order valence-corrected chi connectivity index (χ3v) is 1.34. The Bertz CT molecular complexity index is 263. The Morgan fingerprint density at radius 3 is 2.00 bits per heavy atom. The van der Waals surface area contributed by atoms with Gasteiger partial charge >= 0.3 is 0 Å². The number of hydrogen-bond acceptors (Lipinski definition) is 4. The molecule has 1 aromatic rings. The van der Waals surface area contributed by atoms with Crippen LogP contribution >= 0.6 is 0 Å². The molecule has 1 heterocycles. The average molecular weight is 156 g/mol. The van der Waals surface area contributed by atoms with Gasteiger partial charge in [-0.3, -0.25) is 4.79 Å². The standard InChI is InChI=1S/C7H8O4/c8-1-5-3-11-4-6(2-9)7(5)10/h3-4,8-9H,1-2H2. The zero-order valence-electron chi connectivity index (χ0n) is 5.78. The van der Waals surface area contributed by atoms with Gasteiger partial charge in [0.15, 0.2) is 5.43 Å². The summed E-state index contributed by atoms with van der Waals surface area (Å²) in [5.74, 6) is 0. The SMILES string of the molecule is O=c1c(CO)cocc1CO. The third kappa shape index (κ3) is 1.47. The molecule has 4 nitrogen and oxygen atoms in total. The second-order valence-corrected chi connectivity index (χ2v) is 2.07. The number of aliphatic hydroxyl groups is 2. The van der Waals surface area contributed by atoms with Crippen LogP contribution in [0.4, 0.5) is 0 Å². The van der Waals surface area contributed by atoms with Crippen molar-refractivity contribution >= 4 is 0 Å². The predicted molar refractivity (Wildman–Crippen MR) is 36.8 cm³/mol. The van der Waals surface area contributed by atoms with Gasteiger partial charge in [0.25, 0.3) is 0 Å². The Morgan fingerprint density at radius 1 is 1.18 bits per heavy atom. The van der Waals surface area contributed by atoms with Gasteiger partial charge in [-0.15, -0.1) is 0 Å². The molecular weight excluding hydrogens is 148 g/mol. The van der Waals surface area contributed by atoms with Gasteiger partial charge in [-0.2, -0.15) is 0 Å². The molecule has 11 heavy (non-hydrogen) atoms. The largest absolute Gasteiger partial charge is 0.472 e. The lowest BCUT2D eigenvalue weighted by Gasteiger charge is -1.95. The summed E-state index contributed by atoms with van der Waals surface area (Å²) >= 11 is 0. The molecule has 2 N–H and O–H groups in total. The number of rotatable bonds is 2. The second-order valence-electron chi connectivity index (χ2n) is 2.07. The summed E-state index contributed by atoms with van der Waals surface area (Å²) in [7, 11) is 0. The highest BCUT2D eigenvalue weighted by Crippen LogP contribution is 1.96. The van der Waals surface area contributed by atoms with Crippen LogP contribution in [-0.2, 0) is 13.2 Å². The summed E-state index contributed by atoms with van der Waals surface area (Å²) in [6.45, 7) is -0.730. The Balaban J connectivity index is 3.21. The van der Waals surface area contributed by atoms with E-state index in [4.69, 9.17) is 10.2 Å². The van der Waals surface area contributed by atoms with Crippen molar-refractivity contribution in [2.75, 3.05) is 0 Å². The Morgan fingerprint density at radius 2 is 1.64 bits per heavy atom. The van der Waals surface area contributed by atoms with Crippen LogP contribution < -0.4 is 5.43 Å². The van der Waals surface area contributed by atoms with Gasteiger partial charge in [0.05, 0.1) is 36.9 Å². The molecular formula is C7H8O4. The number of hydrogen-bond donors (Lipinski definition) is 2. The van der Waals surface area contributed by atoms with E-state index < -0.39 is 0 Å². The summed E-state index contributed by atoms with van der Waals surface area (Å²) in [6.07, 6.45) is 2.34. The third-order valence-electron chi connectivity index (χ3n) is 1.34. The summed E-state index contributed by atoms with van der Waals surface area (Å²) in [4.78, 5) is 11.1. The summed E-state index contributed by atoms with van der Waals surface area (Å²) in [5, 5.41) is 17.2. The van der Waals surface area contributed by atoms with E-state index in [2.05, 4.69) is 4.42 Å². The lowest BCUT2D eigenvalue weighted by Crippen LogP contribution is -2.13. The summed E-state index contributed by atoms with van der Waals surface area (Å²) in [5.41, 5.74) is -0.0330. The van der Waals surface area contributed by atoms with Crippen LogP contribution in [0.15, 0.2) is 21.7 Å². The van der Waals surface area contributed by atoms with Crippen LogP contribution in [0.1, 0.15) is 11.1 Å². The van der Waals surface area contributed by atoms with Crippen LogP contribution in [0.25, 0.3) is 0 Å². The molecule has 60 valence electrons. The van der Waals surface area contributed by atoms with Crippen molar-refractivity contribution < 1.29 is 14.6 Å². The molecule has 0 aliphatic carbocycles. The molecule has 0 saturated carbocycles. The summed E-state index contributed by atoms with van der Waals surface area (Å²) < 4.78 is 4.68. The zero-order valence-corrected chi connectivity index (χ0v) is 5.78. The van der Waals surface area contributed by atoms with Crippen molar-refractivity contribution in [1.29, 1.82) is 0 Å². The van der Waals surface area contributed by atoms with E-state index in [1.807, 2.05) is 0 Å². The first-order chi connectivity index (χ1) is 5.29. The highest BCUT2D eigenvalue weighted by atomic mass is 16.3. The first-order valence-electron chi connectivity index (χ1n) is 3.09. The van der Waals surface area contributed by atoms with E-state index in [9.17, 15) is 4.79 Å². The average Bonchev–Trinajstić information content (AvgIpc) is 2.05. The maximum atomic E-state index is 11.1. The predicted octanol–water partition coefficient (Wildman–Crippen LogP) is -0.376.